The van der Waals surface area contributed by atoms with Crippen LogP contribution in [-0.4, -0.2) is 27.6 Å². The van der Waals surface area contributed by atoms with Gasteiger partial charge in [0.1, 0.15) is 0 Å². The van der Waals surface area contributed by atoms with Crippen LogP contribution in [0.15, 0.2) is 18.3 Å². The Hall–Kier alpha value is -0.853. The summed E-state index contributed by atoms with van der Waals surface area (Å²) in [5, 5.41) is 10.2. The van der Waals surface area contributed by atoms with Gasteiger partial charge in [-0.05, 0) is 0 Å². The Labute approximate surface area is 66.6 Å². The van der Waals surface area contributed by atoms with Gasteiger partial charge in [-0.2, -0.15) is 0 Å². The van der Waals surface area contributed by atoms with E-state index in [0.29, 0.717) is 4.37 Å². The molecule has 4 nitrogen and oxygen atoms in total. The van der Waals surface area contributed by atoms with Gasteiger partial charge in [-0.25, -0.2) is 0 Å². The Morgan fingerprint density at radius 1 is 1.70 bits per heavy atom. The number of hydrogen-bond acceptors (Lipinski definition) is 3. The zero-order chi connectivity index (χ0) is 7.56. The molecule has 1 aromatic rings. The molecule has 10 heavy (non-hydrogen) atoms. The second kappa shape index (κ2) is 2.82. The maximum absolute atomic E-state index is 10.2. The van der Waals surface area contributed by atoms with E-state index in [4.69, 9.17) is 0 Å². The molecule has 1 aromatic heterocycles. The Kier molecular flexibility index (Phi) is 2.05. The average Bonchev–Trinajstić information content (AvgIpc) is 1.88. The molecule has 0 aromatic carbocycles. The van der Waals surface area contributed by atoms with Gasteiger partial charge in [-0.3, -0.25) is 0 Å². The third kappa shape index (κ3) is 1.35. The quantitative estimate of drug-likeness (QED) is 0.300. The summed E-state index contributed by atoms with van der Waals surface area (Å²) >= 11 is 1.61. The molecule has 0 atom stereocenters. The SMILES string of the molecule is [Li][c]1ncccc1[N+](=O)[O-]. The summed E-state index contributed by atoms with van der Waals surface area (Å²) in [5.74, 6) is 0. The van der Waals surface area contributed by atoms with Crippen LogP contribution in [0.2, 0.25) is 0 Å². The first-order valence-corrected chi connectivity index (χ1v) is 2.78. The van der Waals surface area contributed by atoms with Crippen molar-refractivity contribution in [3.63, 3.8) is 0 Å². The van der Waals surface area contributed by atoms with Crippen molar-refractivity contribution >= 4 is 27.8 Å². The van der Waals surface area contributed by atoms with Gasteiger partial charge in [-0.1, -0.05) is 0 Å². The summed E-state index contributed by atoms with van der Waals surface area (Å²) in [6, 6.07) is 2.98. The fraction of sp³-hybridized carbons (Fsp3) is 0. The van der Waals surface area contributed by atoms with Crippen LogP contribution >= 0.6 is 0 Å². The molecule has 5 heteroatoms. The van der Waals surface area contributed by atoms with Gasteiger partial charge in [0.05, 0.1) is 0 Å². The molecule has 0 aliphatic carbocycles. The number of pyridine rings is 1. The molecule has 1 rings (SSSR count). The third-order valence-corrected chi connectivity index (χ3v) is 1.18. The molecule has 0 radical (unpaired) electrons. The molecule has 0 N–H and O–H groups in total. The molecule has 0 spiro atoms. The number of nitrogens with zero attached hydrogens (tertiary/aromatic N) is 2. The predicted octanol–water partition coefficient (Wildman–Crippen LogP) is -0.216. The molecular formula is C5H3LiN2O2. The van der Waals surface area contributed by atoms with Gasteiger partial charge in [-0.15, -0.1) is 0 Å². The summed E-state index contributed by atoms with van der Waals surface area (Å²) in [7, 11) is 0. The van der Waals surface area contributed by atoms with Gasteiger partial charge in [0.15, 0.2) is 0 Å². The summed E-state index contributed by atoms with van der Waals surface area (Å²) in [5.41, 5.74) is 0.0718. The Bertz CT molecular complexity index is 264. The van der Waals surface area contributed by atoms with Crippen molar-refractivity contribution in [2.75, 3.05) is 0 Å². The molecule has 0 saturated carbocycles. The van der Waals surface area contributed by atoms with Crippen LogP contribution in [-0.2, 0) is 0 Å². The van der Waals surface area contributed by atoms with Crippen molar-refractivity contribution in [3.8, 4) is 0 Å². The van der Waals surface area contributed by atoms with E-state index in [0.717, 1.165) is 0 Å². The van der Waals surface area contributed by atoms with Gasteiger partial charge >= 0.3 is 66.1 Å². The van der Waals surface area contributed by atoms with Crippen LogP contribution < -0.4 is 4.37 Å². The normalized spacial score (nSPS) is 9.40. The number of aromatic nitrogens is 1. The molecule has 46 valence electrons. The molecule has 0 bridgehead atoms. The van der Waals surface area contributed by atoms with Crippen LogP contribution in [0, 0.1) is 10.1 Å². The first-order chi connectivity index (χ1) is 4.72. The first kappa shape index (κ1) is 7.26. The van der Waals surface area contributed by atoms with Crippen molar-refractivity contribution in [1.29, 1.82) is 0 Å². The Balaban J connectivity index is 3.15. The zero-order valence-electron chi connectivity index (χ0n) is 5.44. The van der Waals surface area contributed by atoms with Crippen LogP contribution in [0.1, 0.15) is 0 Å². The maximum atomic E-state index is 10.2. The molecule has 0 aliphatic heterocycles. The zero-order valence-corrected chi connectivity index (χ0v) is 5.44. The van der Waals surface area contributed by atoms with E-state index >= 15 is 0 Å². The molecule has 0 saturated heterocycles. The van der Waals surface area contributed by atoms with Gasteiger partial charge in [0, 0.05) is 0 Å². The summed E-state index contributed by atoms with van der Waals surface area (Å²) < 4.78 is 0.451. The number of hydrogen-bond donors (Lipinski definition) is 0. The van der Waals surface area contributed by atoms with E-state index < -0.39 is 4.92 Å². The number of rotatable bonds is 1. The average molecular weight is 130 g/mol. The van der Waals surface area contributed by atoms with E-state index in [1.165, 1.54) is 12.3 Å². The Morgan fingerprint density at radius 3 is 2.80 bits per heavy atom. The van der Waals surface area contributed by atoms with Crippen LogP contribution in [0.3, 0.4) is 0 Å². The first-order valence-electron chi connectivity index (χ1n) is 2.78. The minimum absolute atomic E-state index is 0.0718. The monoisotopic (exact) mass is 130 g/mol. The van der Waals surface area contributed by atoms with Crippen molar-refractivity contribution in [2.24, 2.45) is 0 Å². The molecular weight excluding hydrogens is 127 g/mol. The molecule has 0 aliphatic rings. The van der Waals surface area contributed by atoms with Gasteiger partial charge in [0.25, 0.3) is 0 Å². The third-order valence-electron chi connectivity index (χ3n) is 1.18. The predicted molar refractivity (Wildman–Crippen MR) is 36.3 cm³/mol. The fourth-order valence-electron chi connectivity index (χ4n) is 0.669. The molecule has 0 fully saturated rings. The van der Waals surface area contributed by atoms with E-state index in [1.807, 2.05) is 0 Å². The van der Waals surface area contributed by atoms with Crippen molar-refractivity contribution in [1.82, 2.24) is 4.98 Å². The Morgan fingerprint density at radius 2 is 2.40 bits per heavy atom. The second-order valence-corrected chi connectivity index (χ2v) is 1.87. The van der Waals surface area contributed by atoms with E-state index in [1.54, 1.807) is 23.8 Å². The molecule has 1 heterocycles. The molecule has 0 unspecified atom stereocenters. The summed E-state index contributed by atoms with van der Waals surface area (Å²) in [6.07, 6.45) is 1.53. The van der Waals surface area contributed by atoms with E-state index in [2.05, 4.69) is 4.98 Å². The van der Waals surface area contributed by atoms with Gasteiger partial charge in [0.2, 0.25) is 0 Å². The number of nitro groups is 1. The van der Waals surface area contributed by atoms with Crippen molar-refractivity contribution in [2.45, 2.75) is 0 Å². The van der Waals surface area contributed by atoms with Crippen LogP contribution in [0.5, 0.6) is 0 Å². The van der Waals surface area contributed by atoms with E-state index in [-0.39, 0.29) is 5.69 Å². The summed E-state index contributed by atoms with van der Waals surface area (Å²) in [4.78, 5) is 13.5. The fourth-order valence-corrected chi connectivity index (χ4v) is 0.669. The minimum atomic E-state index is -0.442. The van der Waals surface area contributed by atoms with Crippen molar-refractivity contribution < 1.29 is 4.92 Å². The topological polar surface area (TPSA) is 56.0 Å². The van der Waals surface area contributed by atoms with Crippen LogP contribution in [0.4, 0.5) is 5.69 Å². The second-order valence-electron chi connectivity index (χ2n) is 1.87. The standard InChI is InChI=1S/C5H3N2O2.Li/c8-7(9)5-2-1-3-6-4-5;/h1-3H;. The summed E-state index contributed by atoms with van der Waals surface area (Å²) in [6.45, 7) is 0. The van der Waals surface area contributed by atoms with Crippen molar-refractivity contribution in [3.05, 3.63) is 28.4 Å². The van der Waals surface area contributed by atoms with Gasteiger partial charge < -0.3 is 0 Å². The molecule has 0 amide bonds. The van der Waals surface area contributed by atoms with Crippen LogP contribution in [0.25, 0.3) is 0 Å². The van der Waals surface area contributed by atoms with E-state index in [9.17, 15) is 10.1 Å².